The van der Waals surface area contributed by atoms with Crippen LogP contribution in [0.25, 0.3) is 0 Å². The van der Waals surface area contributed by atoms with E-state index in [4.69, 9.17) is 13.8 Å². The zero-order valence-electron chi connectivity index (χ0n) is 25.0. The Labute approximate surface area is 235 Å². The number of hydrogen-bond donors (Lipinski definition) is 0. The van der Waals surface area contributed by atoms with Crippen LogP contribution in [0.2, 0.25) is 0 Å². The van der Waals surface area contributed by atoms with E-state index in [9.17, 15) is 9.46 Å². The molecule has 0 aromatic heterocycles. The standard InChI is InChI=1S/C31H60NO5P/c1-3-5-6-7-8-9-10-11-12-13-14-16-19-30-20-22-31(23-21-30)35-28-29-37-38(33,34)36-27-26-32(4-2)24-17-15-18-25-32/h19,31H,3-18,20-29H2,1-2H3. The molecule has 1 heterocycles. The average Bonchev–Trinajstić information content (AvgIpc) is 2.93. The van der Waals surface area contributed by atoms with Crippen LogP contribution in [-0.4, -0.2) is 56.6 Å². The van der Waals surface area contributed by atoms with Crippen LogP contribution < -0.4 is 4.89 Å². The van der Waals surface area contributed by atoms with Crippen LogP contribution in [0.15, 0.2) is 11.6 Å². The van der Waals surface area contributed by atoms with E-state index in [1.165, 1.54) is 96.3 Å². The summed E-state index contributed by atoms with van der Waals surface area (Å²) in [7, 11) is -4.26. The zero-order valence-corrected chi connectivity index (χ0v) is 25.9. The quantitative estimate of drug-likeness (QED) is 0.0582. The third kappa shape index (κ3) is 15.5. The van der Waals surface area contributed by atoms with Gasteiger partial charge >= 0.3 is 0 Å². The van der Waals surface area contributed by atoms with Crippen LogP contribution in [0, 0.1) is 0 Å². The molecular weight excluding hydrogens is 497 g/mol. The van der Waals surface area contributed by atoms with Gasteiger partial charge in [-0.3, -0.25) is 4.57 Å². The third-order valence-electron chi connectivity index (χ3n) is 8.75. The highest BCUT2D eigenvalue weighted by Gasteiger charge is 2.28. The molecule has 1 aliphatic carbocycles. The fourth-order valence-electron chi connectivity index (χ4n) is 6.08. The van der Waals surface area contributed by atoms with Crippen LogP contribution in [0.1, 0.15) is 136 Å². The zero-order chi connectivity index (χ0) is 27.4. The summed E-state index contributed by atoms with van der Waals surface area (Å²) in [5.41, 5.74) is 1.58. The van der Waals surface area contributed by atoms with E-state index in [1.807, 2.05) is 0 Å². The first-order chi connectivity index (χ1) is 18.5. The summed E-state index contributed by atoms with van der Waals surface area (Å²) in [4.78, 5) is 12.1. The summed E-state index contributed by atoms with van der Waals surface area (Å²) in [5, 5.41) is 0. The van der Waals surface area contributed by atoms with E-state index < -0.39 is 7.82 Å². The van der Waals surface area contributed by atoms with E-state index in [0.717, 1.165) is 56.3 Å². The van der Waals surface area contributed by atoms with Gasteiger partial charge in [0, 0.05) is 0 Å². The molecule has 0 aromatic carbocycles. The second-order valence-electron chi connectivity index (χ2n) is 11.8. The van der Waals surface area contributed by atoms with Crippen molar-refractivity contribution < 1.29 is 27.7 Å². The Morgan fingerprint density at radius 2 is 1.39 bits per heavy atom. The predicted octanol–water partition coefficient (Wildman–Crippen LogP) is 8.10. The maximum Gasteiger partial charge on any atom is 0.268 e. The summed E-state index contributed by atoms with van der Waals surface area (Å²) >= 11 is 0. The Morgan fingerprint density at radius 3 is 2.00 bits per heavy atom. The van der Waals surface area contributed by atoms with Crippen molar-refractivity contribution in [2.45, 2.75) is 142 Å². The van der Waals surface area contributed by atoms with Gasteiger partial charge in [0.05, 0.1) is 39.0 Å². The summed E-state index contributed by atoms with van der Waals surface area (Å²) in [6, 6.07) is 0. The lowest BCUT2D eigenvalue weighted by atomic mass is 9.91. The second kappa shape index (κ2) is 20.6. The van der Waals surface area contributed by atoms with E-state index >= 15 is 0 Å². The number of quaternary nitrogens is 1. The molecule has 1 unspecified atom stereocenters. The number of unbranched alkanes of at least 4 members (excludes halogenated alkanes) is 11. The SMILES string of the molecule is CCCCCCCCCCCCCC=C1CCC(OCCOP(=O)([O-])OCC[N+]2(CC)CCCCC2)CC1. The highest BCUT2D eigenvalue weighted by Crippen LogP contribution is 2.38. The topological polar surface area (TPSA) is 67.8 Å². The molecule has 7 heteroatoms. The second-order valence-corrected chi connectivity index (χ2v) is 13.2. The van der Waals surface area contributed by atoms with E-state index in [0.29, 0.717) is 6.61 Å². The van der Waals surface area contributed by atoms with E-state index in [1.54, 1.807) is 5.57 Å². The average molecular weight is 558 g/mol. The lowest BCUT2D eigenvalue weighted by Gasteiger charge is -2.41. The normalized spacial score (nSPS) is 21.3. The molecule has 2 rings (SSSR count). The lowest BCUT2D eigenvalue weighted by Crippen LogP contribution is -2.53. The molecule has 224 valence electrons. The maximum atomic E-state index is 12.1. The number of piperidine rings is 1. The molecule has 1 saturated heterocycles. The first-order valence-corrected chi connectivity index (χ1v) is 17.7. The van der Waals surface area contributed by atoms with Gasteiger partial charge in [0.1, 0.15) is 13.2 Å². The van der Waals surface area contributed by atoms with Crippen molar-refractivity contribution in [2.24, 2.45) is 0 Å². The molecule has 1 atom stereocenters. The van der Waals surface area contributed by atoms with Crippen LogP contribution in [0.3, 0.4) is 0 Å². The van der Waals surface area contributed by atoms with Crippen molar-refractivity contribution in [3.8, 4) is 0 Å². The Balaban J connectivity index is 1.43. The minimum Gasteiger partial charge on any atom is -0.756 e. The first kappa shape index (κ1) is 34.0. The highest BCUT2D eigenvalue weighted by atomic mass is 31.2. The number of allylic oxidation sites excluding steroid dienone is 2. The molecule has 1 saturated carbocycles. The minimum absolute atomic E-state index is 0.0343. The van der Waals surface area contributed by atoms with Crippen molar-refractivity contribution in [1.29, 1.82) is 0 Å². The van der Waals surface area contributed by atoms with Crippen LogP contribution in [0.4, 0.5) is 0 Å². The predicted molar refractivity (Wildman–Crippen MR) is 156 cm³/mol. The molecule has 6 nitrogen and oxygen atoms in total. The van der Waals surface area contributed by atoms with Gasteiger partial charge in [-0.2, -0.15) is 0 Å². The Bertz CT molecular complexity index is 655. The number of phosphoric ester groups is 1. The maximum absolute atomic E-state index is 12.1. The summed E-state index contributed by atoms with van der Waals surface area (Å²) in [6.45, 7) is 9.00. The van der Waals surface area contributed by atoms with Crippen molar-refractivity contribution >= 4 is 7.82 Å². The Kier molecular flexibility index (Phi) is 18.4. The number of ether oxygens (including phenoxy) is 1. The van der Waals surface area contributed by atoms with Crippen LogP contribution >= 0.6 is 7.82 Å². The minimum atomic E-state index is -4.26. The fraction of sp³-hybridized carbons (Fsp3) is 0.935. The number of rotatable bonds is 22. The van der Waals surface area contributed by atoms with Gasteiger partial charge in [-0.05, 0) is 64.7 Å². The summed E-state index contributed by atoms with van der Waals surface area (Å²) in [6.07, 6.45) is 27.2. The van der Waals surface area contributed by atoms with Crippen molar-refractivity contribution in [3.63, 3.8) is 0 Å². The van der Waals surface area contributed by atoms with Gasteiger partial charge in [0.25, 0.3) is 7.82 Å². The van der Waals surface area contributed by atoms with Gasteiger partial charge in [0.2, 0.25) is 0 Å². The van der Waals surface area contributed by atoms with Crippen molar-refractivity contribution in [2.75, 3.05) is 46.0 Å². The largest absolute Gasteiger partial charge is 0.756 e. The molecular formula is C31H60NO5P. The smallest absolute Gasteiger partial charge is 0.268 e. The summed E-state index contributed by atoms with van der Waals surface area (Å²) < 4.78 is 29.2. The number of likely N-dealkylation sites (tertiary alicyclic amines) is 1. The van der Waals surface area contributed by atoms with Gasteiger partial charge in [-0.15, -0.1) is 0 Å². The van der Waals surface area contributed by atoms with E-state index in [2.05, 4.69) is 19.9 Å². The van der Waals surface area contributed by atoms with Gasteiger partial charge in [0.15, 0.2) is 0 Å². The number of phosphoric acid groups is 1. The fourth-order valence-corrected chi connectivity index (χ4v) is 6.75. The number of nitrogens with zero attached hydrogens (tertiary/aromatic N) is 1. The number of likely N-dealkylation sites (N-methyl/N-ethyl adjacent to an activating group) is 1. The van der Waals surface area contributed by atoms with Crippen molar-refractivity contribution in [3.05, 3.63) is 11.6 Å². The molecule has 0 N–H and O–H groups in total. The molecule has 2 fully saturated rings. The molecule has 1 aliphatic heterocycles. The van der Waals surface area contributed by atoms with Crippen LogP contribution in [-0.2, 0) is 18.3 Å². The first-order valence-electron chi connectivity index (χ1n) is 16.2. The molecule has 38 heavy (non-hydrogen) atoms. The molecule has 0 radical (unpaired) electrons. The monoisotopic (exact) mass is 557 g/mol. The Hall–Kier alpha value is -0.230. The molecule has 0 amide bonds. The van der Waals surface area contributed by atoms with Crippen molar-refractivity contribution in [1.82, 2.24) is 0 Å². The van der Waals surface area contributed by atoms with Gasteiger partial charge in [-0.1, -0.05) is 82.8 Å². The number of hydrogen-bond acceptors (Lipinski definition) is 5. The Morgan fingerprint density at radius 1 is 0.816 bits per heavy atom. The molecule has 0 bridgehead atoms. The molecule has 0 aromatic rings. The molecule has 2 aliphatic rings. The highest BCUT2D eigenvalue weighted by molar-refractivity contribution is 7.45. The van der Waals surface area contributed by atoms with E-state index in [-0.39, 0.29) is 19.3 Å². The lowest BCUT2D eigenvalue weighted by molar-refractivity contribution is -0.930. The third-order valence-corrected chi connectivity index (χ3v) is 9.75. The van der Waals surface area contributed by atoms with Gasteiger partial charge in [-0.25, -0.2) is 0 Å². The van der Waals surface area contributed by atoms with Gasteiger partial charge < -0.3 is 23.2 Å². The summed E-state index contributed by atoms with van der Waals surface area (Å²) in [5.74, 6) is 0. The molecule has 0 spiro atoms. The van der Waals surface area contributed by atoms with Crippen LogP contribution in [0.5, 0.6) is 0 Å².